The summed E-state index contributed by atoms with van der Waals surface area (Å²) in [5.74, 6) is 2.41. The first-order valence-electron chi connectivity index (χ1n) is 7.54. The molecule has 2 aromatic rings. The summed E-state index contributed by atoms with van der Waals surface area (Å²) < 4.78 is 10.6. The molecule has 0 aliphatic carbocycles. The van der Waals surface area contributed by atoms with E-state index in [1.807, 2.05) is 19.9 Å². The molecule has 118 valence electrons. The molecule has 1 saturated heterocycles. The maximum atomic E-state index is 5.47. The summed E-state index contributed by atoms with van der Waals surface area (Å²) in [6.07, 6.45) is 3.74. The Morgan fingerprint density at radius 3 is 2.86 bits per heavy atom. The summed E-state index contributed by atoms with van der Waals surface area (Å²) in [6.45, 7) is 6.05. The highest BCUT2D eigenvalue weighted by molar-refractivity contribution is 5.47. The number of nitrogens with one attached hydrogen (secondary N) is 2. The maximum Gasteiger partial charge on any atom is 0.138 e. The number of aryl methyl sites for hydroxylation is 2. The zero-order valence-corrected chi connectivity index (χ0v) is 12.9. The van der Waals surface area contributed by atoms with Gasteiger partial charge in [-0.3, -0.25) is 0 Å². The van der Waals surface area contributed by atoms with Crippen molar-refractivity contribution in [1.82, 2.24) is 15.1 Å². The Balaban J connectivity index is 1.61. The van der Waals surface area contributed by atoms with Crippen LogP contribution in [0.3, 0.4) is 0 Å². The number of anilines is 2. The summed E-state index contributed by atoms with van der Waals surface area (Å²) in [5, 5.41) is 10.6. The summed E-state index contributed by atoms with van der Waals surface area (Å²) >= 11 is 0. The Morgan fingerprint density at radius 1 is 1.27 bits per heavy atom. The average molecular weight is 303 g/mol. The number of ether oxygens (including phenoxy) is 1. The summed E-state index contributed by atoms with van der Waals surface area (Å²) in [7, 11) is 0. The molecule has 7 nitrogen and oxygen atoms in total. The van der Waals surface area contributed by atoms with E-state index in [2.05, 4.69) is 25.8 Å². The molecule has 22 heavy (non-hydrogen) atoms. The van der Waals surface area contributed by atoms with Gasteiger partial charge in [-0.15, -0.1) is 0 Å². The predicted molar refractivity (Wildman–Crippen MR) is 82.8 cm³/mol. The van der Waals surface area contributed by atoms with Crippen LogP contribution in [-0.4, -0.2) is 34.4 Å². The van der Waals surface area contributed by atoms with Gasteiger partial charge in [0, 0.05) is 24.8 Å². The summed E-state index contributed by atoms with van der Waals surface area (Å²) in [5.41, 5.74) is 1.96. The van der Waals surface area contributed by atoms with Crippen LogP contribution in [0.1, 0.15) is 29.9 Å². The van der Waals surface area contributed by atoms with Gasteiger partial charge in [0.15, 0.2) is 0 Å². The van der Waals surface area contributed by atoms with Gasteiger partial charge in [0.2, 0.25) is 0 Å². The maximum absolute atomic E-state index is 5.47. The Bertz CT molecular complexity index is 603. The highest BCUT2D eigenvalue weighted by Gasteiger charge is 2.14. The number of hydrogen-bond donors (Lipinski definition) is 2. The molecule has 1 aliphatic rings. The SMILES string of the molecule is Cc1noc(C)c1CNc1cc(NC2CCCOC2)ncn1. The van der Waals surface area contributed by atoms with Crippen LogP contribution in [0.2, 0.25) is 0 Å². The molecular weight excluding hydrogens is 282 g/mol. The molecule has 1 aliphatic heterocycles. The first-order chi connectivity index (χ1) is 10.7. The highest BCUT2D eigenvalue weighted by Crippen LogP contribution is 2.17. The molecule has 1 unspecified atom stereocenters. The fraction of sp³-hybridized carbons (Fsp3) is 0.533. The van der Waals surface area contributed by atoms with Crippen LogP contribution in [0.4, 0.5) is 11.6 Å². The minimum Gasteiger partial charge on any atom is -0.379 e. The van der Waals surface area contributed by atoms with Gasteiger partial charge in [0.05, 0.1) is 18.3 Å². The first kappa shape index (κ1) is 14.8. The van der Waals surface area contributed by atoms with E-state index in [0.29, 0.717) is 12.6 Å². The largest absolute Gasteiger partial charge is 0.379 e. The minimum absolute atomic E-state index is 0.319. The number of aromatic nitrogens is 3. The normalized spacial score (nSPS) is 18.2. The van der Waals surface area contributed by atoms with Crippen molar-refractivity contribution in [3.05, 3.63) is 29.4 Å². The van der Waals surface area contributed by atoms with Crippen LogP contribution in [-0.2, 0) is 11.3 Å². The van der Waals surface area contributed by atoms with Crippen molar-refractivity contribution in [3.8, 4) is 0 Å². The first-order valence-corrected chi connectivity index (χ1v) is 7.54. The van der Waals surface area contributed by atoms with Gasteiger partial charge in [0.1, 0.15) is 23.7 Å². The van der Waals surface area contributed by atoms with Crippen molar-refractivity contribution in [2.75, 3.05) is 23.8 Å². The Kier molecular flexibility index (Phi) is 4.53. The minimum atomic E-state index is 0.319. The van der Waals surface area contributed by atoms with Crippen molar-refractivity contribution in [2.24, 2.45) is 0 Å². The lowest BCUT2D eigenvalue weighted by Gasteiger charge is -2.23. The van der Waals surface area contributed by atoms with Crippen LogP contribution in [0.25, 0.3) is 0 Å². The molecule has 0 bridgehead atoms. The molecule has 3 rings (SSSR count). The standard InChI is InChI=1S/C15H21N5O2/c1-10-13(11(2)22-20-10)7-16-14-6-15(18-9-17-14)19-12-4-3-5-21-8-12/h6,9,12H,3-5,7-8H2,1-2H3,(H2,16,17,18,19). The van der Waals surface area contributed by atoms with Gasteiger partial charge in [-0.25, -0.2) is 9.97 Å². The Morgan fingerprint density at radius 2 is 2.14 bits per heavy atom. The van der Waals surface area contributed by atoms with E-state index in [9.17, 15) is 0 Å². The monoisotopic (exact) mass is 303 g/mol. The molecule has 2 aromatic heterocycles. The topological polar surface area (TPSA) is 85.1 Å². The molecule has 0 amide bonds. The van der Waals surface area contributed by atoms with Gasteiger partial charge in [0.25, 0.3) is 0 Å². The molecule has 2 N–H and O–H groups in total. The van der Waals surface area contributed by atoms with Crippen molar-refractivity contribution in [3.63, 3.8) is 0 Å². The smallest absolute Gasteiger partial charge is 0.138 e. The lowest BCUT2D eigenvalue weighted by Crippen LogP contribution is -2.30. The number of nitrogens with zero attached hydrogens (tertiary/aromatic N) is 3. The molecule has 0 saturated carbocycles. The molecule has 0 aromatic carbocycles. The van der Waals surface area contributed by atoms with Gasteiger partial charge >= 0.3 is 0 Å². The average Bonchev–Trinajstić information content (AvgIpc) is 2.85. The number of hydrogen-bond acceptors (Lipinski definition) is 7. The molecule has 3 heterocycles. The van der Waals surface area contributed by atoms with Gasteiger partial charge in [-0.05, 0) is 26.7 Å². The third-order valence-corrected chi connectivity index (χ3v) is 3.81. The van der Waals surface area contributed by atoms with E-state index >= 15 is 0 Å². The van der Waals surface area contributed by atoms with E-state index in [0.717, 1.165) is 54.7 Å². The Hall–Kier alpha value is -2.15. The fourth-order valence-electron chi connectivity index (χ4n) is 2.53. The van der Waals surface area contributed by atoms with E-state index in [-0.39, 0.29) is 0 Å². The van der Waals surface area contributed by atoms with Gasteiger partial charge < -0.3 is 19.9 Å². The third kappa shape index (κ3) is 3.54. The quantitative estimate of drug-likeness (QED) is 0.876. The van der Waals surface area contributed by atoms with Gasteiger partial charge in [-0.2, -0.15) is 0 Å². The zero-order chi connectivity index (χ0) is 15.4. The van der Waals surface area contributed by atoms with Crippen LogP contribution >= 0.6 is 0 Å². The lowest BCUT2D eigenvalue weighted by atomic mass is 10.1. The van der Waals surface area contributed by atoms with Crippen molar-refractivity contribution in [1.29, 1.82) is 0 Å². The lowest BCUT2D eigenvalue weighted by molar-refractivity contribution is 0.0875. The fourth-order valence-corrected chi connectivity index (χ4v) is 2.53. The van der Waals surface area contributed by atoms with E-state index in [1.165, 1.54) is 0 Å². The van der Waals surface area contributed by atoms with Crippen molar-refractivity contribution < 1.29 is 9.26 Å². The molecular formula is C15H21N5O2. The molecule has 1 atom stereocenters. The van der Waals surface area contributed by atoms with E-state index in [4.69, 9.17) is 9.26 Å². The highest BCUT2D eigenvalue weighted by atomic mass is 16.5. The molecule has 0 radical (unpaired) electrons. The zero-order valence-electron chi connectivity index (χ0n) is 12.9. The second-order valence-corrected chi connectivity index (χ2v) is 5.50. The predicted octanol–water partition coefficient (Wildman–Crippen LogP) is 2.28. The summed E-state index contributed by atoms with van der Waals surface area (Å²) in [4.78, 5) is 8.51. The van der Waals surface area contributed by atoms with Crippen LogP contribution in [0.5, 0.6) is 0 Å². The van der Waals surface area contributed by atoms with Crippen LogP contribution < -0.4 is 10.6 Å². The van der Waals surface area contributed by atoms with Crippen LogP contribution in [0, 0.1) is 13.8 Å². The second-order valence-electron chi connectivity index (χ2n) is 5.50. The van der Waals surface area contributed by atoms with Crippen molar-refractivity contribution >= 4 is 11.6 Å². The molecule has 0 spiro atoms. The molecule has 1 fully saturated rings. The summed E-state index contributed by atoms with van der Waals surface area (Å²) in [6, 6.07) is 2.23. The van der Waals surface area contributed by atoms with Crippen LogP contribution in [0.15, 0.2) is 16.9 Å². The van der Waals surface area contributed by atoms with Crippen molar-refractivity contribution in [2.45, 2.75) is 39.3 Å². The molecule has 7 heteroatoms. The van der Waals surface area contributed by atoms with E-state index < -0.39 is 0 Å². The number of rotatable bonds is 5. The second kappa shape index (κ2) is 6.74. The van der Waals surface area contributed by atoms with Gasteiger partial charge in [-0.1, -0.05) is 5.16 Å². The third-order valence-electron chi connectivity index (χ3n) is 3.81. The Labute approximate surface area is 129 Å². The van der Waals surface area contributed by atoms with E-state index in [1.54, 1.807) is 6.33 Å².